The first-order valence-corrected chi connectivity index (χ1v) is 26.8. The molecule has 0 radical (unpaired) electrons. The molecular formula is C58H86O12. The second-order valence-corrected chi connectivity index (χ2v) is 22.1. The normalized spacial score (nSPS) is 26.9. The van der Waals surface area contributed by atoms with E-state index in [1.54, 1.807) is 19.1 Å². The Morgan fingerprint density at radius 3 is 1.84 bits per heavy atom. The molecule has 5 rings (SSSR count). The number of hydrogen-bond donors (Lipinski definition) is 0. The minimum atomic E-state index is -0.907. The zero-order valence-corrected chi connectivity index (χ0v) is 44.1. The van der Waals surface area contributed by atoms with Gasteiger partial charge in [-0.25, -0.2) is 4.79 Å². The maximum atomic E-state index is 13.1. The second-order valence-electron chi connectivity index (χ2n) is 22.1. The number of ketones is 1. The minimum Gasteiger partial charge on any atom is -0.461 e. The highest BCUT2D eigenvalue weighted by Gasteiger charge is 2.61. The van der Waals surface area contributed by atoms with E-state index in [0.29, 0.717) is 35.2 Å². The third-order valence-corrected chi connectivity index (χ3v) is 16.7. The molecule has 1 aromatic rings. The largest absolute Gasteiger partial charge is 0.508 e. The summed E-state index contributed by atoms with van der Waals surface area (Å²) in [5.41, 5.74) is 2.77. The third-order valence-electron chi connectivity index (χ3n) is 16.7. The van der Waals surface area contributed by atoms with Crippen LogP contribution in [0.2, 0.25) is 0 Å². The first-order chi connectivity index (χ1) is 33.4. The number of Topliss-reactive ketones (excluding diaryl/α,β-unsaturated/α-hetero) is 1. The van der Waals surface area contributed by atoms with Crippen LogP contribution in [0.4, 0.5) is 4.79 Å². The quantitative estimate of drug-likeness (QED) is 0.0301. The fourth-order valence-corrected chi connectivity index (χ4v) is 13.0. The average molecular weight is 975 g/mol. The van der Waals surface area contributed by atoms with Crippen molar-refractivity contribution in [3.05, 3.63) is 53.1 Å². The summed E-state index contributed by atoms with van der Waals surface area (Å²) in [6.45, 7) is 18.1. The summed E-state index contributed by atoms with van der Waals surface area (Å²) in [4.78, 5) is 75.9. The molecule has 0 saturated heterocycles. The van der Waals surface area contributed by atoms with Gasteiger partial charge in [-0.05, 0) is 167 Å². The predicted molar refractivity (Wildman–Crippen MR) is 268 cm³/mol. The molecule has 4 saturated carbocycles. The van der Waals surface area contributed by atoms with Crippen molar-refractivity contribution in [1.29, 1.82) is 0 Å². The number of allylic oxidation sites excluding steroid dienone is 2. The average Bonchev–Trinajstić information content (AvgIpc) is 3.67. The van der Waals surface area contributed by atoms with E-state index in [4.69, 9.17) is 28.4 Å². The van der Waals surface area contributed by atoms with Gasteiger partial charge in [0.05, 0.1) is 12.8 Å². The van der Waals surface area contributed by atoms with Gasteiger partial charge in [-0.3, -0.25) is 24.0 Å². The highest BCUT2D eigenvalue weighted by Crippen LogP contribution is 2.67. The van der Waals surface area contributed by atoms with Gasteiger partial charge in [0.25, 0.3) is 0 Å². The lowest BCUT2D eigenvalue weighted by atomic mass is 9.44. The van der Waals surface area contributed by atoms with Crippen LogP contribution in [0, 0.1) is 66.1 Å². The molecule has 4 aliphatic rings. The van der Waals surface area contributed by atoms with E-state index in [1.807, 2.05) is 65.8 Å². The number of ether oxygens (including phenoxy) is 6. The Hall–Kier alpha value is -4.48. The molecule has 10 atom stereocenters. The summed E-state index contributed by atoms with van der Waals surface area (Å²) in [7, 11) is 0. The second kappa shape index (κ2) is 26.8. The predicted octanol–water partition coefficient (Wildman–Crippen LogP) is 12.8. The molecule has 2 unspecified atom stereocenters. The van der Waals surface area contributed by atoms with Crippen LogP contribution in [-0.2, 0) is 54.3 Å². The lowest BCUT2D eigenvalue weighted by molar-refractivity contribution is -0.166. The number of carbonyl (C=O) groups is 6. The van der Waals surface area contributed by atoms with Crippen molar-refractivity contribution in [3.8, 4) is 5.75 Å². The molecule has 0 bridgehead atoms. The Balaban J connectivity index is 0.980. The van der Waals surface area contributed by atoms with Gasteiger partial charge in [0.1, 0.15) is 37.5 Å². The van der Waals surface area contributed by atoms with Gasteiger partial charge >= 0.3 is 30.0 Å². The van der Waals surface area contributed by atoms with E-state index in [2.05, 4.69) is 13.8 Å². The third kappa shape index (κ3) is 15.8. The number of fused-ring (bicyclic) bond motifs is 5. The van der Waals surface area contributed by atoms with Gasteiger partial charge in [-0.15, -0.1) is 0 Å². The summed E-state index contributed by atoms with van der Waals surface area (Å²) in [6, 6.07) is 3.77. The summed E-state index contributed by atoms with van der Waals surface area (Å²) < 4.78 is 33.7. The fraction of sp³-hybridized carbons (Fsp3) is 0.724. The number of carbonyl (C=O) groups excluding carboxylic acids is 6. The molecule has 12 nitrogen and oxygen atoms in total. The van der Waals surface area contributed by atoms with Crippen LogP contribution in [0.3, 0.4) is 0 Å². The van der Waals surface area contributed by atoms with Crippen LogP contribution in [-0.4, -0.2) is 61.2 Å². The van der Waals surface area contributed by atoms with Crippen molar-refractivity contribution in [2.75, 3.05) is 13.2 Å². The Labute approximate surface area is 419 Å². The first kappa shape index (κ1) is 56.4. The topological polar surface area (TPSA) is 158 Å². The van der Waals surface area contributed by atoms with Crippen LogP contribution < -0.4 is 4.74 Å². The number of rotatable bonds is 25. The summed E-state index contributed by atoms with van der Waals surface area (Å²) in [5.74, 6) is 2.12. The van der Waals surface area contributed by atoms with Crippen LogP contribution in [0.25, 0.3) is 0 Å². The Morgan fingerprint density at radius 2 is 1.26 bits per heavy atom. The van der Waals surface area contributed by atoms with Gasteiger partial charge in [0.15, 0.2) is 6.10 Å². The van der Waals surface area contributed by atoms with E-state index in [0.717, 1.165) is 93.7 Å². The van der Waals surface area contributed by atoms with Gasteiger partial charge in [-0.2, -0.15) is 0 Å². The number of hydrogen-bond acceptors (Lipinski definition) is 12. The lowest BCUT2D eigenvalue weighted by Crippen LogP contribution is -2.54. The number of benzene rings is 1. The van der Waals surface area contributed by atoms with Gasteiger partial charge in [0.2, 0.25) is 0 Å². The van der Waals surface area contributed by atoms with E-state index in [-0.39, 0.29) is 86.2 Å². The molecule has 12 heteroatoms. The zero-order valence-electron chi connectivity index (χ0n) is 44.1. The number of aryl methyl sites for hydroxylation is 2. The molecule has 0 spiro atoms. The highest BCUT2D eigenvalue weighted by atomic mass is 16.7. The Kier molecular flexibility index (Phi) is 21.6. The zero-order chi connectivity index (χ0) is 51.0. The molecule has 4 fully saturated rings. The monoisotopic (exact) mass is 975 g/mol. The van der Waals surface area contributed by atoms with Crippen LogP contribution in [0.5, 0.6) is 5.75 Å². The van der Waals surface area contributed by atoms with Crippen molar-refractivity contribution in [2.45, 2.75) is 203 Å². The molecule has 0 aromatic heterocycles. The van der Waals surface area contributed by atoms with Crippen molar-refractivity contribution in [2.24, 2.45) is 52.3 Å². The Bertz CT molecular complexity index is 1950. The van der Waals surface area contributed by atoms with Crippen molar-refractivity contribution < 1.29 is 57.2 Å². The van der Waals surface area contributed by atoms with Gasteiger partial charge in [-0.1, -0.05) is 91.5 Å². The van der Waals surface area contributed by atoms with Crippen LogP contribution in [0.15, 0.2) is 36.4 Å². The molecule has 390 valence electrons. The van der Waals surface area contributed by atoms with Crippen molar-refractivity contribution in [3.63, 3.8) is 0 Å². The van der Waals surface area contributed by atoms with Crippen LogP contribution >= 0.6 is 0 Å². The maximum Gasteiger partial charge on any atom is 0.508 e. The molecule has 0 heterocycles. The molecule has 0 N–H and O–H groups in total. The molecule has 0 aliphatic heterocycles. The van der Waals surface area contributed by atoms with E-state index in [9.17, 15) is 28.8 Å². The van der Waals surface area contributed by atoms with Crippen molar-refractivity contribution >= 4 is 35.8 Å². The molecular weight excluding hydrogens is 889 g/mol. The molecule has 4 aliphatic carbocycles. The fourth-order valence-electron chi connectivity index (χ4n) is 13.0. The van der Waals surface area contributed by atoms with Gasteiger partial charge in [0, 0.05) is 18.8 Å². The smallest absolute Gasteiger partial charge is 0.461 e. The first-order valence-electron chi connectivity index (χ1n) is 26.8. The van der Waals surface area contributed by atoms with E-state index >= 15 is 0 Å². The lowest BCUT2D eigenvalue weighted by Gasteiger charge is -2.61. The van der Waals surface area contributed by atoms with Gasteiger partial charge < -0.3 is 28.4 Å². The Morgan fingerprint density at radius 1 is 0.686 bits per heavy atom. The number of unbranched alkanes of at least 4 members (excludes halogenated alkanes) is 1. The molecule has 70 heavy (non-hydrogen) atoms. The molecule has 0 amide bonds. The summed E-state index contributed by atoms with van der Waals surface area (Å²) >= 11 is 0. The highest BCUT2D eigenvalue weighted by molar-refractivity contribution is 5.79. The maximum absolute atomic E-state index is 13.1. The summed E-state index contributed by atoms with van der Waals surface area (Å²) in [6.07, 6.45) is 20.8. The minimum absolute atomic E-state index is 0.0335. The summed E-state index contributed by atoms with van der Waals surface area (Å²) in [5, 5.41) is 0. The van der Waals surface area contributed by atoms with E-state index < -0.39 is 30.2 Å². The van der Waals surface area contributed by atoms with Crippen molar-refractivity contribution in [1.82, 2.24) is 0 Å². The number of esters is 4. The van der Waals surface area contributed by atoms with E-state index in [1.165, 1.54) is 19.3 Å². The van der Waals surface area contributed by atoms with Crippen LogP contribution in [0.1, 0.15) is 187 Å². The SMILES string of the molecule is CC/C=C\CC(=O)OCC(COC(=O)C/C=C\CC)OC(=O)CC(C)CCCCC(C)CC(=O)Oc1c(C)cc(COC(=O)O[C@@H]2CC[C@@]3(C)[C@@H](CC[C@@H]4[C@@H]3CC[C@]3(C)[C@@H](C(C)=O)CC[C@@H]43)C2)cc1C. The molecule has 1 aromatic carbocycles. The standard InChI is InChI=1S/C58H86O12/c1-10-12-14-20-51(60)65-36-46(37-66-52(61)21-15-13-11-2)68-53(62)30-38(3)18-16-17-19-39(4)31-54(63)70-55-40(5)32-43(33-41(55)6)35-67-56(64)69-45-26-28-57(8)44(34-45)22-23-47-49-25-24-48(42(7)59)58(49,9)29-27-50(47)57/h12-15,32-33,38-39,44-50H,10-11,16-31,34-37H2,1-9H3/b14-12-,15-13-/t38?,39?,44-,45+,47-,48+,49-,50-,57-,58+/m0/s1.